The van der Waals surface area contributed by atoms with Crippen LogP contribution in [-0.4, -0.2) is 50.0 Å². The van der Waals surface area contributed by atoms with Crippen LogP contribution in [0.5, 0.6) is 0 Å². The van der Waals surface area contributed by atoms with E-state index in [1.807, 2.05) is 75.4 Å². The number of hydrogen-bond donors (Lipinski definition) is 1. The van der Waals surface area contributed by atoms with Crippen molar-refractivity contribution in [1.29, 1.82) is 0 Å². The van der Waals surface area contributed by atoms with Crippen LogP contribution in [0.25, 0.3) is 0 Å². The minimum atomic E-state index is -3.95. The summed E-state index contributed by atoms with van der Waals surface area (Å²) in [7, 11) is -3.95. The van der Waals surface area contributed by atoms with Crippen molar-refractivity contribution in [3.8, 4) is 0 Å². The predicted octanol–water partition coefficient (Wildman–Crippen LogP) is 5.62. The lowest BCUT2D eigenvalue weighted by Gasteiger charge is -2.34. The van der Waals surface area contributed by atoms with E-state index in [4.69, 9.17) is 23.2 Å². The van der Waals surface area contributed by atoms with Crippen LogP contribution in [0.3, 0.4) is 0 Å². The van der Waals surface area contributed by atoms with E-state index < -0.39 is 28.5 Å². The number of nitrogens with zero attached hydrogens (tertiary/aromatic N) is 2. The molecular weight excluding hydrogens is 569 g/mol. The van der Waals surface area contributed by atoms with Crippen molar-refractivity contribution in [3.63, 3.8) is 0 Å². The van der Waals surface area contributed by atoms with Crippen LogP contribution in [0, 0.1) is 6.92 Å². The van der Waals surface area contributed by atoms with Crippen LogP contribution < -0.4 is 9.62 Å². The van der Waals surface area contributed by atoms with Crippen LogP contribution >= 0.6 is 23.2 Å². The molecule has 3 aromatic carbocycles. The van der Waals surface area contributed by atoms with Gasteiger partial charge in [0.05, 0.1) is 22.0 Å². The smallest absolute Gasteiger partial charge is 0.244 e. The monoisotopic (exact) mass is 603 g/mol. The molecule has 0 unspecified atom stereocenters. The van der Waals surface area contributed by atoms with Crippen LogP contribution in [0.4, 0.5) is 5.69 Å². The van der Waals surface area contributed by atoms with Gasteiger partial charge in [0.25, 0.3) is 0 Å². The van der Waals surface area contributed by atoms with E-state index in [1.165, 1.54) is 17.0 Å². The van der Waals surface area contributed by atoms with Gasteiger partial charge in [-0.1, -0.05) is 96.4 Å². The van der Waals surface area contributed by atoms with Gasteiger partial charge in [-0.3, -0.25) is 13.9 Å². The Morgan fingerprint density at radius 1 is 0.925 bits per heavy atom. The van der Waals surface area contributed by atoms with Gasteiger partial charge < -0.3 is 10.2 Å². The molecule has 0 radical (unpaired) electrons. The standard InChI is InChI=1S/C30H35Cl2N3O4S/c1-5-22(3)33-30(37)27(18-23-10-7-6-8-11-23)34(19-24-16-14-21(2)15-17-24)28(36)20-35(40(4,38)39)26-13-9-12-25(31)29(26)32/h6-17,22,27H,5,18-20H2,1-4H3,(H,33,37)/t22-,27+/m1/s1. The highest BCUT2D eigenvalue weighted by Gasteiger charge is 2.34. The average Bonchev–Trinajstić information content (AvgIpc) is 2.91. The first-order chi connectivity index (χ1) is 18.9. The lowest BCUT2D eigenvalue weighted by atomic mass is 10.0. The van der Waals surface area contributed by atoms with Crippen LogP contribution in [0.15, 0.2) is 72.8 Å². The Balaban J connectivity index is 2.08. The van der Waals surface area contributed by atoms with E-state index in [-0.39, 0.29) is 40.6 Å². The fourth-order valence-corrected chi connectivity index (χ4v) is 5.47. The fourth-order valence-electron chi connectivity index (χ4n) is 4.17. The number of benzene rings is 3. The zero-order valence-corrected chi connectivity index (χ0v) is 25.4. The third-order valence-corrected chi connectivity index (χ3v) is 8.56. The van der Waals surface area contributed by atoms with Crippen molar-refractivity contribution in [3.05, 3.63) is 99.5 Å². The van der Waals surface area contributed by atoms with Crippen LogP contribution in [-0.2, 0) is 32.6 Å². The average molecular weight is 605 g/mol. The van der Waals surface area contributed by atoms with E-state index in [0.717, 1.165) is 27.3 Å². The second-order valence-electron chi connectivity index (χ2n) is 9.87. The Labute approximate surface area is 247 Å². The topological polar surface area (TPSA) is 86.8 Å². The first kappa shape index (κ1) is 31.5. The second-order valence-corrected chi connectivity index (χ2v) is 12.6. The number of rotatable bonds is 12. The Bertz CT molecular complexity index is 1420. The maximum absolute atomic E-state index is 14.1. The zero-order valence-electron chi connectivity index (χ0n) is 23.1. The van der Waals surface area contributed by atoms with E-state index >= 15 is 0 Å². The molecule has 0 saturated heterocycles. The molecule has 0 aliphatic heterocycles. The maximum atomic E-state index is 14.1. The summed E-state index contributed by atoms with van der Waals surface area (Å²) in [6, 6.07) is 20.6. The number of halogens is 2. The zero-order chi connectivity index (χ0) is 29.4. The maximum Gasteiger partial charge on any atom is 0.244 e. The lowest BCUT2D eigenvalue weighted by molar-refractivity contribution is -0.140. The van der Waals surface area contributed by atoms with Gasteiger partial charge >= 0.3 is 0 Å². The van der Waals surface area contributed by atoms with Gasteiger partial charge in [0, 0.05) is 19.0 Å². The molecule has 0 bridgehead atoms. The molecule has 40 heavy (non-hydrogen) atoms. The Hall–Kier alpha value is -3.07. The van der Waals surface area contributed by atoms with Crippen LogP contribution in [0.1, 0.15) is 37.0 Å². The number of hydrogen-bond acceptors (Lipinski definition) is 4. The third-order valence-electron chi connectivity index (χ3n) is 6.62. The summed E-state index contributed by atoms with van der Waals surface area (Å²) >= 11 is 12.5. The fraction of sp³-hybridized carbons (Fsp3) is 0.333. The first-order valence-electron chi connectivity index (χ1n) is 13.0. The molecule has 0 spiro atoms. The van der Waals surface area contributed by atoms with E-state index in [1.54, 1.807) is 6.07 Å². The van der Waals surface area contributed by atoms with Crippen molar-refractivity contribution in [1.82, 2.24) is 10.2 Å². The van der Waals surface area contributed by atoms with Gasteiger partial charge in [0.15, 0.2) is 0 Å². The minimum absolute atomic E-state index is 0.0165. The molecular formula is C30H35Cl2N3O4S. The van der Waals surface area contributed by atoms with Gasteiger partial charge in [-0.25, -0.2) is 8.42 Å². The second kappa shape index (κ2) is 14.0. The molecule has 3 rings (SSSR count). The molecule has 2 atom stereocenters. The molecule has 1 N–H and O–H groups in total. The summed E-state index contributed by atoms with van der Waals surface area (Å²) in [5.74, 6) is -0.868. The van der Waals surface area contributed by atoms with Gasteiger partial charge in [-0.15, -0.1) is 0 Å². The lowest BCUT2D eigenvalue weighted by Crippen LogP contribution is -2.54. The molecule has 3 aromatic rings. The summed E-state index contributed by atoms with van der Waals surface area (Å²) in [5, 5.41) is 3.18. The molecule has 10 heteroatoms. The normalized spacial score (nSPS) is 12.8. The van der Waals surface area contributed by atoms with Crippen molar-refractivity contribution < 1.29 is 18.0 Å². The van der Waals surface area contributed by atoms with Crippen molar-refractivity contribution in [2.75, 3.05) is 17.1 Å². The predicted molar refractivity (Wildman–Crippen MR) is 162 cm³/mol. The molecule has 0 heterocycles. The summed E-state index contributed by atoms with van der Waals surface area (Å²) < 4.78 is 26.7. The molecule has 0 aliphatic rings. The Morgan fingerprint density at radius 3 is 2.17 bits per heavy atom. The molecule has 0 aliphatic carbocycles. The third kappa shape index (κ3) is 8.46. The number of carbonyl (C=O) groups excluding carboxylic acids is 2. The van der Waals surface area contributed by atoms with Crippen molar-refractivity contribution in [2.45, 2.75) is 52.2 Å². The molecule has 0 saturated carbocycles. The van der Waals surface area contributed by atoms with Gasteiger partial charge in [-0.2, -0.15) is 0 Å². The van der Waals surface area contributed by atoms with E-state index in [0.29, 0.717) is 6.42 Å². The molecule has 0 fully saturated rings. The molecule has 0 aromatic heterocycles. The summed E-state index contributed by atoms with van der Waals surface area (Å²) in [6.45, 7) is 5.36. The Morgan fingerprint density at radius 2 is 1.57 bits per heavy atom. The van der Waals surface area contributed by atoms with Gasteiger partial charge in [0.1, 0.15) is 12.6 Å². The van der Waals surface area contributed by atoms with Crippen LogP contribution in [0.2, 0.25) is 10.0 Å². The number of carbonyl (C=O) groups is 2. The number of sulfonamides is 1. The largest absolute Gasteiger partial charge is 0.352 e. The SMILES string of the molecule is CC[C@@H](C)NC(=O)[C@H](Cc1ccccc1)N(Cc1ccc(C)cc1)C(=O)CN(c1cccc(Cl)c1Cl)S(C)(=O)=O. The minimum Gasteiger partial charge on any atom is -0.352 e. The highest BCUT2D eigenvalue weighted by Crippen LogP contribution is 2.34. The number of anilines is 1. The van der Waals surface area contributed by atoms with E-state index in [9.17, 15) is 18.0 Å². The Kier molecular flexibility index (Phi) is 11.0. The van der Waals surface area contributed by atoms with Gasteiger partial charge in [0.2, 0.25) is 21.8 Å². The molecule has 214 valence electrons. The quantitative estimate of drug-likeness (QED) is 0.291. The first-order valence-corrected chi connectivity index (χ1v) is 15.6. The number of nitrogens with one attached hydrogen (secondary N) is 1. The van der Waals surface area contributed by atoms with Crippen molar-refractivity contribution in [2.24, 2.45) is 0 Å². The number of amides is 2. The summed E-state index contributed by atoms with van der Waals surface area (Å²) in [6.07, 6.45) is 1.96. The van der Waals surface area contributed by atoms with E-state index in [2.05, 4.69) is 5.32 Å². The summed E-state index contributed by atoms with van der Waals surface area (Å²) in [5.41, 5.74) is 2.81. The molecule has 7 nitrogen and oxygen atoms in total. The van der Waals surface area contributed by atoms with Crippen molar-refractivity contribution >= 4 is 50.7 Å². The highest BCUT2D eigenvalue weighted by molar-refractivity contribution is 7.92. The van der Waals surface area contributed by atoms with Gasteiger partial charge in [-0.05, 0) is 43.5 Å². The molecule has 2 amide bonds. The highest BCUT2D eigenvalue weighted by atomic mass is 35.5. The summed E-state index contributed by atoms with van der Waals surface area (Å²) in [4.78, 5) is 29.2. The number of aryl methyl sites for hydroxylation is 1.